The third kappa shape index (κ3) is 3.35. The second kappa shape index (κ2) is 4.59. The zero-order chi connectivity index (χ0) is 12.5. The summed E-state index contributed by atoms with van der Waals surface area (Å²) >= 11 is 5.64. The van der Waals surface area contributed by atoms with Crippen molar-refractivity contribution in [1.29, 1.82) is 0 Å². The van der Waals surface area contributed by atoms with E-state index in [2.05, 4.69) is 0 Å². The Morgan fingerprint density at radius 3 is 2.44 bits per heavy atom. The van der Waals surface area contributed by atoms with E-state index in [9.17, 15) is 17.6 Å². The van der Waals surface area contributed by atoms with Crippen molar-refractivity contribution >= 4 is 11.6 Å². The maximum absolute atomic E-state index is 13.0. The smallest absolute Gasteiger partial charge is 0.324 e. The molecule has 0 bridgehead atoms. The SMILES string of the molecule is Cc1cc(C(N)CC(F)(F)F)c(Cl)cc1F. The summed E-state index contributed by atoms with van der Waals surface area (Å²) in [4.78, 5) is 0. The molecule has 1 aromatic carbocycles. The molecule has 0 radical (unpaired) electrons. The van der Waals surface area contributed by atoms with Gasteiger partial charge in [-0.2, -0.15) is 13.2 Å². The normalized spacial score (nSPS) is 13.9. The molecule has 0 saturated carbocycles. The van der Waals surface area contributed by atoms with Crippen LogP contribution in [0.4, 0.5) is 17.6 Å². The maximum Gasteiger partial charge on any atom is 0.390 e. The van der Waals surface area contributed by atoms with Crippen LogP contribution in [-0.2, 0) is 0 Å². The van der Waals surface area contributed by atoms with Crippen LogP contribution in [0.2, 0.25) is 5.02 Å². The second-order valence-corrected chi connectivity index (χ2v) is 3.96. The molecule has 0 aliphatic rings. The number of alkyl halides is 3. The average Bonchev–Trinajstić information content (AvgIpc) is 2.08. The first kappa shape index (κ1) is 13.3. The van der Waals surface area contributed by atoms with Crippen molar-refractivity contribution in [3.8, 4) is 0 Å². The first-order valence-electron chi connectivity index (χ1n) is 4.48. The van der Waals surface area contributed by atoms with E-state index in [4.69, 9.17) is 17.3 Å². The van der Waals surface area contributed by atoms with Crippen molar-refractivity contribution in [2.75, 3.05) is 0 Å². The lowest BCUT2D eigenvalue weighted by molar-refractivity contribution is -0.138. The Morgan fingerprint density at radius 2 is 1.94 bits per heavy atom. The highest BCUT2D eigenvalue weighted by Crippen LogP contribution is 2.32. The summed E-state index contributed by atoms with van der Waals surface area (Å²) in [5.74, 6) is -0.562. The van der Waals surface area contributed by atoms with Crippen molar-refractivity contribution < 1.29 is 17.6 Å². The van der Waals surface area contributed by atoms with Gasteiger partial charge in [0.2, 0.25) is 0 Å². The molecular formula is C10H10ClF4N. The Balaban J connectivity index is 3.00. The standard InChI is InChI=1S/C10H10ClF4N/c1-5-2-6(7(11)3-8(5)12)9(16)4-10(13,14)15/h2-3,9H,4,16H2,1H3. The number of nitrogens with two attached hydrogens (primary N) is 1. The van der Waals surface area contributed by atoms with Gasteiger partial charge in [0.15, 0.2) is 0 Å². The molecule has 0 fully saturated rings. The summed E-state index contributed by atoms with van der Waals surface area (Å²) in [5.41, 5.74) is 5.70. The summed E-state index contributed by atoms with van der Waals surface area (Å²) in [6, 6.07) is 0.947. The van der Waals surface area contributed by atoms with Gasteiger partial charge in [-0.3, -0.25) is 0 Å². The van der Waals surface area contributed by atoms with Crippen LogP contribution in [0.1, 0.15) is 23.6 Å². The molecule has 1 rings (SSSR count). The largest absolute Gasteiger partial charge is 0.390 e. The average molecular weight is 256 g/mol. The highest BCUT2D eigenvalue weighted by atomic mass is 35.5. The van der Waals surface area contributed by atoms with Crippen LogP contribution in [0.25, 0.3) is 0 Å². The van der Waals surface area contributed by atoms with Gasteiger partial charge >= 0.3 is 6.18 Å². The molecule has 1 nitrogen and oxygen atoms in total. The second-order valence-electron chi connectivity index (χ2n) is 3.55. The van der Waals surface area contributed by atoms with E-state index in [1.807, 2.05) is 0 Å². The van der Waals surface area contributed by atoms with Gasteiger partial charge in [0.05, 0.1) is 6.42 Å². The van der Waals surface area contributed by atoms with E-state index >= 15 is 0 Å². The van der Waals surface area contributed by atoms with Crippen molar-refractivity contribution in [2.24, 2.45) is 5.73 Å². The van der Waals surface area contributed by atoms with E-state index < -0.39 is 24.5 Å². The Labute approximate surface area is 95.2 Å². The number of hydrogen-bond acceptors (Lipinski definition) is 1. The molecule has 0 aliphatic heterocycles. The molecule has 90 valence electrons. The monoisotopic (exact) mass is 255 g/mol. The predicted octanol–water partition coefficient (Wildman–Crippen LogP) is 3.74. The molecule has 0 aliphatic carbocycles. The van der Waals surface area contributed by atoms with E-state index in [1.165, 1.54) is 13.0 Å². The minimum Gasteiger partial charge on any atom is -0.324 e. The molecule has 2 N–H and O–H groups in total. The van der Waals surface area contributed by atoms with Gasteiger partial charge in [0.25, 0.3) is 0 Å². The fourth-order valence-electron chi connectivity index (χ4n) is 1.32. The number of aryl methyl sites for hydroxylation is 1. The number of benzene rings is 1. The molecular weight excluding hydrogens is 246 g/mol. The van der Waals surface area contributed by atoms with E-state index in [0.717, 1.165) is 6.07 Å². The molecule has 0 aromatic heterocycles. The van der Waals surface area contributed by atoms with Gasteiger partial charge < -0.3 is 5.73 Å². The van der Waals surface area contributed by atoms with Gasteiger partial charge in [0.1, 0.15) is 5.82 Å². The molecule has 1 atom stereocenters. The lowest BCUT2D eigenvalue weighted by Crippen LogP contribution is -2.20. The lowest BCUT2D eigenvalue weighted by Gasteiger charge is -2.16. The molecule has 6 heteroatoms. The number of halogens is 5. The minimum absolute atomic E-state index is 0.0835. The maximum atomic E-state index is 13.0. The van der Waals surface area contributed by atoms with Crippen molar-refractivity contribution in [3.63, 3.8) is 0 Å². The van der Waals surface area contributed by atoms with Gasteiger partial charge in [0, 0.05) is 11.1 Å². The van der Waals surface area contributed by atoms with Crippen LogP contribution in [0.15, 0.2) is 12.1 Å². The molecule has 0 heterocycles. The molecule has 1 aromatic rings. The molecule has 0 amide bonds. The lowest BCUT2D eigenvalue weighted by atomic mass is 10.0. The fourth-order valence-corrected chi connectivity index (χ4v) is 1.61. The van der Waals surface area contributed by atoms with Gasteiger partial charge in [-0.1, -0.05) is 17.7 Å². The number of hydrogen-bond donors (Lipinski definition) is 1. The summed E-state index contributed by atoms with van der Waals surface area (Å²) < 4.78 is 49.3. The van der Waals surface area contributed by atoms with Crippen LogP contribution < -0.4 is 5.73 Å². The van der Waals surface area contributed by atoms with Crippen LogP contribution in [-0.4, -0.2) is 6.18 Å². The third-order valence-electron chi connectivity index (χ3n) is 2.13. The van der Waals surface area contributed by atoms with Gasteiger partial charge in [-0.25, -0.2) is 4.39 Å². The molecule has 16 heavy (non-hydrogen) atoms. The van der Waals surface area contributed by atoms with Crippen molar-refractivity contribution in [2.45, 2.75) is 25.6 Å². The van der Waals surface area contributed by atoms with E-state index in [1.54, 1.807) is 0 Å². The quantitative estimate of drug-likeness (QED) is 0.801. The Morgan fingerprint density at radius 1 is 1.38 bits per heavy atom. The van der Waals surface area contributed by atoms with Crippen molar-refractivity contribution in [3.05, 3.63) is 34.1 Å². The van der Waals surface area contributed by atoms with Crippen LogP contribution in [0, 0.1) is 12.7 Å². The van der Waals surface area contributed by atoms with Gasteiger partial charge in [-0.15, -0.1) is 0 Å². The van der Waals surface area contributed by atoms with E-state index in [-0.39, 0.29) is 16.1 Å². The summed E-state index contributed by atoms with van der Waals surface area (Å²) in [5, 5.41) is -0.0835. The topological polar surface area (TPSA) is 26.0 Å². The van der Waals surface area contributed by atoms with Crippen molar-refractivity contribution in [1.82, 2.24) is 0 Å². The molecule has 0 saturated heterocycles. The third-order valence-corrected chi connectivity index (χ3v) is 2.46. The van der Waals surface area contributed by atoms with Crippen LogP contribution in [0.3, 0.4) is 0 Å². The first-order chi connectivity index (χ1) is 7.20. The summed E-state index contributed by atoms with van der Waals surface area (Å²) in [7, 11) is 0. The van der Waals surface area contributed by atoms with Crippen LogP contribution >= 0.6 is 11.6 Å². The molecule has 1 unspecified atom stereocenters. The summed E-state index contributed by atoms with van der Waals surface area (Å²) in [6.45, 7) is 1.44. The highest BCUT2D eigenvalue weighted by molar-refractivity contribution is 6.31. The zero-order valence-corrected chi connectivity index (χ0v) is 9.16. The highest BCUT2D eigenvalue weighted by Gasteiger charge is 2.31. The van der Waals surface area contributed by atoms with Crippen LogP contribution in [0.5, 0.6) is 0 Å². The fraction of sp³-hybridized carbons (Fsp3) is 0.400. The minimum atomic E-state index is -4.37. The molecule has 0 spiro atoms. The Hall–Kier alpha value is -0.810. The first-order valence-corrected chi connectivity index (χ1v) is 4.86. The summed E-state index contributed by atoms with van der Waals surface area (Å²) in [6.07, 6.45) is -5.55. The van der Waals surface area contributed by atoms with E-state index in [0.29, 0.717) is 0 Å². The predicted molar refractivity (Wildman–Crippen MR) is 53.7 cm³/mol. The van der Waals surface area contributed by atoms with Gasteiger partial charge in [-0.05, 0) is 24.1 Å². The number of rotatable bonds is 2. The zero-order valence-electron chi connectivity index (χ0n) is 8.41. The Bertz CT molecular complexity index is 389. The Kier molecular flexibility index (Phi) is 3.80.